The molecule has 1 aliphatic carbocycles. The molecule has 0 aromatic heterocycles. The van der Waals surface area contributed by atoms with Gasteiger partial charge in [0.1, 0.15) is 5.69 Å². The van der Waals surface area contributed by atoms with Crippen LogP contribution in [0.3, 0.4) is 0 Å². The summed E-state index contributed by atoms with van der Waals surface area (Å²) in [5.41, 5.74) is 5.23. The van der Waals surface area contributed by atoms with Crippen LogP contribution in [0.15, 0.2) is 47.6 Å². The Labute approximate surface area is 143 Å². The summed E-state index contributed by atoms with van der Waals surface area (Å²) in [6.07, 6.45) is 3.79. The second-order valence-electron chi connectivity index (χ2n) is 5.75. The van der Waals surface area contributed by atoms with E-state index in [4.69, 9.17) is 0 Å². The summed E-state index contributed by atoms with van der Waals surface area (Å²) < 4.78 is 0. The van der Waals surface area contributed by atoms with Crippen molar-refractivity contribution >= 4 is 22.8 Å². The molecule has 25 heavy (non-hydrogen) atoms. The second kappa shape index (κ2) is 7.08. The Bertz CT molecular complexity index is 863. The lowest BCUT2D eigenvalue weighted by Gasteiger charge is -2.09. The molecule has 0 atom stereocenters. The molecule has 0 saturated heterocycles. The lowest BCUT2D eigenvalue weighted by atomic mass is 10.0. The first kappa shape index (κ1) is 16.6. The van der Waals surface area contributed by atoms with Gasteiger partial charge in [-0.3, -0.25) is 25.7 Å². The average molecular weight is 340 g/mol. The predicted octanol–water partition coefficient (Wildman–Crippen LogP) is 4.05. The molecule has 0 saturated carbocycles. The van der Waals surface area contributed by atoms with E-state index in [1.807, 2.05) is 18.2 Å². The summed E-state index contributed by atoms with van der Waals surface area (Å²) >= 11 is 0. The van der Waals surface area contributed by atoms with Crippen LogP contribution in [0.25, 0.3) is 0 Å². The highest BCUT2D eigenvalue weighted by molar-refractivity contribution is 6.02. The molecule has 0 unspecified atom stereocenters. The molecule has 1 N–H and O–H groups in total. The van der Waals surface area contributed by atoms with Crippen LogP contribution in [-0.4, -0.2) is 15.6 Å². The zero-order chi connectivity index (χ0) is 17.8. The average Bonchev–Trinajstić information content (AvgIpc) is 2.82. The van der Waals surface area contributed by atoms with Crippen LogP contribution in [0.5, 0.6) is 0 Å². The van der Waals surface area contributed by atoms with E-state index in [2.05, 4.69) is 16.6 Å². The fraction of sp³-hybridized carbons (Fsp3) is 0.235. The van der Waals surface area contributed by atoms with E-state index in [1.54, 1.807) is 0 Å². The van der Waals surface area contributed by atoms with Crippen LogP contribution in [-0.2, 0) is 6.42 Å². The van der Waals surface area contributed by atoms with Gasteiger partial charge >= 0.3 is 5.69 Å². The third kappa shape index (κ3) is 3.63. The van der Waals surface area contributed by atoms with Gasteiger partial charge in [-0.15, -0.1) is 0 Å². The minimum absolute atomic E-state index is 0.129. The van der Waals surface area contributed by atoms with Crippen molar-refractivity contribution in [3.8, 4) is 0 Å². The summed E-state index contributed by atoms with van der Waals surface area (Å²) in [6, 6.07) is 11.4. The fourth-order valence-electron chi connectivity index (χ4n) is 2.89. The molecule has 0 heterocycles. The quantitative estimate of drug-likeness (QED) is 0.513. The van der Waals surface area contributed by atoms with Crippen molar-refractivity contribution in [2.75, 3.05) is 5.43 Å². The van der Waals surface area contributed by atoms with E-state index in [0.717, 1.165) is 43.0 Å². The summed E-state index contributed by atoms with van der Waals surface area (Å²) in [6.45, 7) is 0. The van der Waals surface area contributed by atoms with Crippen LogP contribution < -0.4 is 5.43 Å². The molecule has 0 radical (unpaired) electrons. The van der Waals surface area contributed by atoms with Crippen LogP contribution in [0.4, 0.5) is 17.1 Å². The lowest BCUT2D eigenvalue weighted by Crippen LogP contribution is -2.06. The molecule has 1 aliphatic rings. The largest absolute Gasteiger partial charge is 0.301 e. The van der Waals surface area contributed by atoms with Crippen molar-refractivity contribution in [2.45, 2.75) is 25.7 Å². The van der Waals surface area contributed by atoms with Crippen molar-refractivity contribution in [3.05, 3.63) is 73.8 Å². The number of hydrazone groups is 1. The molecule has 2 aromatic carbocycles. The van der Waals surface area contributed by atoms with Crippen LogP contribution in [0.2, 0.25) is 0 Å². The standard InChI is InChI=1S/C17H16N4O4/c22-20(23)13-9-10-16(17(11-13)21(24)25)19-18-15-8-4-2-6-12-5-1-3-7-14(12)15/h1,3,5,7,9-11,19H,2,4,6,8H2/b18-15+. The number of hydrogen-bond acceptors (Lipinski definition) is 6. The number of hydrogen-bond donors (Lipinski definition) is 1. The Balaban J connectivity index is 1.94. The van der Waals surface area contributed by atoms with E-state index in [0.29, 0.717) is 0 Å². The minimum Gasteiger partial charge on any atom is -0.271 e. The highest BCUT2D eigenvalue weighted by Crippen LogP contribution is 2.29. The number of fused-ring (bicyclic) bond motifs is 1. The van der Waals surface area contributed by atoms with Gasteiger partial charge in [-0.25, -0.2) is 0 Å². The number of benzene rings is 2. The normalized spacial score (nSPS) is 15.3. The minimum atomic E-state index is -0.662. The third-order valence-corrected chi connectivity index (χ3v) is 4.14. The smallest absolute Gasteiger partial charge is 0.271 e. The van der Waals surface area contributed by atoms with E-state index in [1.165, 1.54) is 17.7 Å². The van der Waals surface area contributed by atoms with Crippen molar-refractivity contribution in [3.63, 3.8) is 0 Å². The van der Waals surface area contributed by atoms with E-state index in [9.17, 15) is 20.2 Å². The first-order chi connectivity index (χ1) is 12.1. The van der Waals surface area contributed by atoms with Gasteiger partial charge in [0.05, 0.1) is 21.6 Å². The fourth-order valence-corrected chi connectivity index (χ4v) is 2.89. The number of nitro groups is 2. The zero-order valence-corrected chi connectivity index (χ0v) is 13.3. The van der Waals surface area contributed by atoms with Crippen molar-refractivity contribution in [2.24, 2.45) is 5.10 Å². The lowest BCUT2D eigenvalue weighted by molar-refractivity contribution is -0.393. The molecule has 3 rings (SSSR count). The molecular formula is C17H16N4O4. The molecular weight excluding hydrogens is 324 g/mol. The first-order valence-electron chi connectivity index (χ1n) is 7.90. The number of non-ortho nitro benzene ring substituents is 1. The van der Waals surface area contributed by atoms with Gasteiger partial charge in [-0.2, -0.15) is 5.10 Å². The van der Waals surface area contributed by atoms with Crippen LogP contribution >= 0.6 is 0 Å². The van der Waals surface area contributed by atoms with Crippen LogP contribution in [0.1, 0.15) is 30.4 Å². The maximum absolute atomic E-state index is 11.2. The Morgan fingerprint density at radius 1 is 0.960 bits per heavy atom. The number of nitrogens with one attached hydrogen (secondary N) is 1. The second-order valence-corrected chi connectivity index (χ2v) is 5.75. The van der Waals surface area contributed by atoms with E-state index in [-0.39, 0.29) is 17.1 Å². The highest BCUT2D eigenvalue weighted by Gasteiger charge is 2.20. The van der Waals surface area contributed by atoms with Gasteiger partial charge in [-0.05, 0) is 37.3 Å². The molecule has 128 valence electrons. The van der Waals surface area contributed by atoms with Crippen molar-refractivity contribution < 1.29 is 9.85 Å². The molecule has 8 nitrogen and oxygen atoms in total. The van der Waals surface area contributed by atoms with Gasteiger partial charge in [-0.1, -0.05) is 24.3 Å². The summed E-state index contributed by atoms with van der Waals surface area (Å²) in [5.74, 6) is 0. The Hall–Kier alpha value is -3.29. The molecule has 0 fully saturated rings. The first-order valence-corrected chi connectivity index (χ1v) is 7.90. The number of anilines is 1. The maximum atomic E-state index is 11.2. The third-order valence-electron chi connectivity index (χ3n) is 4.14. The van der Waals surface area contributed by atoms with E-state index >= 15 is 0 Å². The molecule has 2 aromatic rings. The predicted molar refractivity (Wildman–Crippen MR) is 93.9 cm³/mol. The summed E-state index contributed by atoms with van der Waals surface area (Å²) in [7, 11) is 0. The van der Waals surface area contributed by atoms with Gasteiger partial charge in [0.15, 0.2) is 0 Å². The van der Waals surface area contributed by atoms with Gasteiger partial charge in [0.25, 0.3) is 5.69 Å². The maximum Gasteiger partial charge on any atom is 0.301 e. The van der Waals surface area contributed by atoms with Crippen molar-refractivity contribution in [1.29, 1.82) is 0 Å². The highest BCUT2D eigenvalue weighted by atomic mass is 16.6. The van der Waals surface area contributed by atoms with Crippen LogP contribution in [0, 0.1) is 20.2 Å². The van der Waals surface area contributed by atoms with E-state index < -0.39 is 9.85 Å². The zero-order valence-electron chi connectivity index (χ0n) is 13.3. The molecule has 0 amide bonds. The molecule has 0 bridgehead atoms. The molecule has 8 heteroatoms. The molecule has 0 aliphatic heterocycles. The van der Waals surface area contributed by atoms with Crippen molar-refractivity contribution in [1.82, 2.24) is 0 Å². The van der Waals surface area contributed by atoms with Gasteiger partial charge < -0.3 is 0 Å². The summed E-state index contributed by atoms with van der Waals surface area (Å²) in [5, 5.41) is 26.4. The monoisotopic (exact) mass is 340 g/mol. The topological polar surface area (TPSA) is 111 Å². The number of nitro benzene ring substituents is 2. The molecule has 0 spiro atoms. The number of nitrogens with zero attached hydrogens (tertiary/aromatic N) is 3. The SMILES string of the molecule is O=[N+]([O-])c1ccc(N/N=C2\CCCCc3ccccc32)c([N+](=O)[O-])c1. The Kier molecular flexibility index (Phi) is 4.69. The Morgan fingerprint density at radius 2 is 1.72 bits per heavy atom. The Morgan fingerprint density at radius 3 is 2.48 bits per heavy atom. The van der Waals surface area contributed by atoms with Gasteiger partial charge in [0, 0.05) is 11.6 Å². The number of aryl methyl sites for hydroxylation is 1. The van der Waals surface area contributed by atoms with Gasteiger partial charge in [0.2, 0.25) is 0 Å². The number of rotatable bonds is 4. The summed E-state index contributed by atoms with van der Waals surface area (Å²) in [4.78, 5) is 20.7.